The molecule has 1 N–H and O–H groups in total. The van der Waals surface area contributed by atoms with Gasteiger partial charge >= 0.3 is 0 Å². The van der Waals surface area contributed by atoms with Crippen molar-refractivity contribution in [2.24, 2.45) is 0 Å². The Morgan fingerprint density at radius 1 is 1.07 bits per heavy atom. The maximum absolute atomic E-state index is 14.1. The summed E-state index contributed by atoms with van der Waals surface area (Å²) in [5, 5.41) is 2.97. The second-order valence-corrected chi connectivity index (χ2v) is 7.38. The number of ether oxygens (including phenoxy) is 1. The van der Waals surface area contributed by atoms with Gasteiger partial charge in [0.05, 0.1) is 13.5 Å². The van der Waals surface area contributed by atoms with Gasteiger partial charge in [-0.2, -0.15) is 0 Å². The SMILES string of the molecule is CCC(C)NC(=O)C(CC)N(Cc1ccc(OC)cc1)C(=O)Cc1ccccc1F. The number of rotatable bonds is 10. The summed E-state index contributed by atoms with van der Waals surface area (Å²) in [6.07, 6.45) is 1.15. The zero-order chi connectivity index (χ0) is 22.1. The van der Waals surface area contributed by atoms with Gasteiger partial charge in [0.2, 0.25) is 11.8 Å². The van der Waals surface area contributed by atoms with Gasteiger partial charge in [-0.25, -0.2) is 4.39 Å². The van der Waals surface area contributed by atoms with Crippen LogP contribution in [0.25, 0.3) is 0 Å². The van der Waals surface area contributed by atoms with Crippen molar-refractivity contribution < 1.29 is 18.7 Å². The van der Waals surface area contributed by atoms with Crippen LogP contribution in [0.3, 0.4) is 0 Å². The van der Waals surface area contributed by atoms with Crippen molar-refractivity contribution in [1.82, 2.24) is 10.2 Å². The summed E-state index contributed by atoms with van der Waals surface area (Å²) < 4.78 is 19.3. The number of carbonyl (C=O) groups is 2. The van der Waals surface area contributed by atoms with E-state index in [1.165, 1.54) is 6.07 Å². The molecule has 6 heteroatoms. The number of halogens is 1. The van der Waals surface area contributed by atoms with Crippen LogP contribution in [0.1, 0.15) is 44.7 Å². The van der Waals surface area contributed by atoms with Crippen LogP contribution in [0, 0.1) is 5.82 Å². The van der Waals surface area contributed by atoms with E-state index in [4.69, 9.17) is 4.74 Å². The number of hydrogen-bond donors (Lipinski definition) is 1. The fraction of sp³-hybridized carbons (Fsp3) is 0.417. The topological polar surface area (TPSA) is 58.6 Å². The molecule has 0 heterocycles. The van der Waals surface area contributed by atoms with E-state index in [0.29, 0.717) is 17.7 Å². The minimum absolute atomic E-state index is 0.0102. The Morgan fingerprint density at radius 2 is 1.73 bits per heavy atom. The molecule has 0 aliphatic rings. The fourth-order valence-corrected chi connectivity index (χ4v) is 3.19. The summed E-state index contributed by atoms with van der Waals surface area (Å²) in [5.41, 5.74) is 1.19. The molecule has 0 bridgehead atoms. The summed E-state index contributed by atoms with van der Waals surface area (Å²) in [7, 11) is 1.59. The summed E-state index contributed by atoms with van der Waals surface area (Å²) in [4.78, 5) is 27.7. The average molecular weight is 415 g/mol. The zero-order valence-corrected chi connectivity index (χ0v) is 18.2. The van der Waals surface area contributed by atoms with Crippen LogP contribution in [-0.4, -0.2) is 35.9 Å². The molecular weight excluding hydrogens is 383 g/mol. The minimum atomic E-state index is -0.639. The molecule has 0 spiro atoms. The Hall–Kier alpha value is -2.89. The maximum Gasteiger partial charge on any atom is 0.243 e. The zero-order valence-electron chi connectivity index (χ0n) is 18.2. The van der Waals surface area contributed by atoms with E-state index in [-0.39, 0.29) is 30.8 Å². The number of benzene rings is 2. The first-order valence-electron chi connectivity index (χ1n) is 10.4. The Bertz CT molecular complexity index is 839. The van der Waals surface area contributed by atoms with Crippen LogP contribution < -0.4 is 10.1 Å². The molecule has 0 saturated carbocycles. The molecule has 2 unspecified atom stereocenters. The van der Waals surface area contributed by atoms with Crippen molar-refractivity contribution in [2.75, 3.05) is 7.11 Å². The molecule has 2 amide bonds. The molecule has 2 atom stereocenters. The second kappa shape index (κ2) is 11.3. The van der Waals surface area contributed by atoms with E-state index in [0.717, 1.165) is 12.0 Å². The number of carbonyl (C=O) groups excluding carboxylic acids is 2. The molecule has 0 aliphatic heterocycles. The summed E-state index contributed by atoms with van der Waals surface area (Å²) in [6, 6.07) is 12.9. The van der Waals surface area contributed by atoms with Gasteiger partial charge in [-0.15, -0.1) is 0 Å². The van der Waals surface area contributed by atoms with E-state index in [2.05, 4.69) is 5.32 Å². The van der Waals surface area contributed by atoms with Crippen molar-refractivity contribution >= 4 is 11.8 Å². The van der Waals surface area contributed by atoms with Crippen LogP contribution >= 0.6 is 0 Å². The summed E-state index contributed by atoms with van der Waals surface area (Å²) in [6.45, 7) is 6.05. The van der Waals surface area contributed by atoms with E-state index < -0.39 is 11.9 Å². The van der Waals surface area contributed by atoms with Gasteiger partial charge in [0.25, 0.3) is 0 Å². The largest absolute Gasteiger partial charge is 0.497 e. The van der Waals surface area contributed by atoms with Crippen molar-refractivity contribution in [3.05, 3.63) is 65.5 Å². The molecule has 162 valence electrons. The lowest BCUT2D eigenvalue weighted by Gasteiger charge is -2.31. The van der Waals surface area contributed by atoms with Gasteiger partial charge in [-0.1, -0.05) is 44.2 Å². The van der Waals surface area contributed by atoms with Gasteiger partial charge in [-0.05, 0) is 49.1 Å². The van der Waals surface area contributed by atoms with Crippen LogP contribution in [0.2, 0.25) is 0 Å². The van der Waals surface area contributed by atoms with Crippen LogP contribution in [0.15, 0.2) is 48.5 Å². The van der Waals surface area contributed by atoms with Crippen LogP contribution in [0.4, 0.5) is 4.39 Å². The molecule has 5 nitrogen and oxygen atoms in total. The summed E-state index contributed by atoms with van der Waals surface area (Å²) >= 11 is 0. The number of nitrogens with zero attached hydrogens (tertiary/aromatic N) is 1. The third kappa shape index (κ3) is 6.31. The molecule has 0 aromatic heterocycles. The average Bonchev–Trinajstić information content (AvgIpc) is 2.75. The molecule has 30 heavy (non-hydrogen) atoms. The lowest BCUT2D eigenvalue weighted by Crippen LogP contribution is -2.51. The number of methoxy groups -OCH3 is 1. The number of nitrogens with one attached hydrogen (secondary N) is 1. The monoisotopic (exact) mass is 414 g/mol. The lowest BCUT2D eigenvalue weighted by molar-refractivity contribution is -0.141. The highest BCUT2D eigenvalue weighted by Gasteiger charge is 2.29. The van der Waals surface area contributed by atoms with Crippen molar-refractivity contribution in [3.63, 3.8) is 0 Å². The van der Waals surface area contributed by atoms with Crippen molar-refractivity contribution in [2.45, 2.75) is 58.7 Å². The Balaban J connectivity index is 2.30. The van der Waals surface area contributed by atoms with Gasteiger partial charge < -0.3 is 15.0 Å². The van der Waals surface area contributed by atoms with Gasteiger partial charge in [0.1, 0.15) is 17.6 Å². The predicted octanol–water partition coefficient (Wildman–Crippen LogP) is 4.10. The van der Waals surface area contributed by atoms with Gasteiger partial charge in [-0.3, -0.25) is 9.59 Å². The van der Waals surface area contributed by atoms with Gasteiger partial charge in [0, 0.05) is 12.6 Å². The first-order chi connectivity index (χ1) is 14.4. The van der Waals surface area contributed by atoms with Crippen LogP contribution in [-0.2, 0) is 22.6 Å². The normalized spacial score (nSPS) is 12.7. The third-order valence-corrected chi connectivity index (χ3v) is 5.20. The van der Waals surface area contributed by atoms with E-state index in [1.54, 1.807) is 30.2 Å². The van der Waals surface area contributed by atoms with Crippen molar-refractivity contribution in [1.29, 1.82) is 0 Å². The highest BCUT2D eigenvalue weighted by atomic mass is 19.1. The molecule has 0 fully saturated rings. The first-order valence-corrected chi connectivity index (χ1v) is 10.4. The summed E-state index contributed by atoms with van der Waals surface area (Å²) in [5.74, 6) is -0.193. The fourth-order valence-electron chi connectivity index (χ4n) is 3.19. The van der Waals surface area contributed by atoms with E-state index in [1.807, 2.05) is 45.0 Å². The van der Waals surface area contributed by atoms with Crippen LogP contribution in [0.5, 0.6) is 5.75 Å². The second-order valence-electron chi connectivity index (χ2n) is 7.38. The quantitative estimate of drug-likeness (QED) is 0.637. The third-order valence-electron chi connectivity index (χ3n) is 5.20. The standard InChI is InChI=1S/C24H31FN2O3/c1-5-17(3)26-24(29)22(6-2)27(16-18-11-13-20(30-4)14-12-18)23(28)15-19-9-7-8-10-21(19)25/h7-14,17,22H,5-6,15-16H2,1-4H3,(H,26,29). The Labute approximate surface area is 178 Å². The van der Waals surface area contributed by atoms with Gasteiger partial charge in [0.15, 0.2) is 0 Å². The molecule has 0 aliphatic carbocycles. The molecular formula is C24H31FN2O3. The molecule has 0 saturated heterocycles. The highest BCUT2D eigenvalue weighted by Crippen LogP contribution is 2.18. The number of hydrogen-bond acceptors (Lipinski definition) is 3. The molecule has 2 aromatic carbocycles. The smallest absolute Gasteiger partial charge is 0.243 e. The maximum atomic E-state index is 14.1. The molecule has 2 rings (SSSR count). The highest BCUT2D eigenvalue weighted by molar-refractivity contribution is 5.88. The molecule has 2 aromatic rings. The van der Waals surface area contributed by atoms with E-state index >= 15 is 0 Å². The number of amides is 2. The van der Waals surface area contributed by atoms with Crippen molar-refractivity contribution in [3.8, 4) is 5.75 Å². The lowest BCUT2D eigenvalue weighted by atomic mass is 10.1. The van der Waals surface area contributed by atoms with E-state index in [9.17, 15) is 14.0 Å². The Kier molecular flexibility index (Phi) is 8.84. The molecule has 0 radical (unpaired) electrons. The first kappa shape index (κ1) is 23.4. The minimum Gasteiger partial charge on any atom is -0.497 e. The Morgan fingerprint density at radius 3 is 2.30 bits per heavy atom. The predicted molar refractivity (Wildman–Crippen MR) is 116 cm³/mol.